The van der Waals surface area contributed by atoms with Crippen LogP contribution in [0.2, 0.25) is 0 Å². The minimum Gasteiger partial charge on any atom is -0.478 e. The van der Waals surface area contributed by atoms with E-state index in [0.717, 1.165) is 0 Å². The van der Waals surface area contributed by atoms with Crippen LogP contribution in [0.5, 0.6) is 17.4 Å². The standard InChI is InChI=1S/C18H14F3N3O3.C2H6O/c1-11(2)16-13(9-25)23-24-7-5-12(8-14(16)24)27-17-15(4-3-6-22-17)26-10-18(19,20)21;1-3-2/h3-9H,1,10H2,2H3;1-2H3. The summed E-state index contributed by atoms with van der Waals surface area (Å²) in [5.74, 6) is 0.0351. The van der Waals surface area contributed by atoms with E-state index in [4.69, 9.17) is 9.47 Å². The third-order valence-corrected chi connectivity index (χ3v) is 3.51. The number of methoxy groups -OCH3 is 1. The summed E-state index contributed by atoms with van der Waals surface area (Å²) < 4.78 is 53.3. The van der Waals surface area contributed by atoms with Gasteiger partial charge in [0.15, 0.2) is 18.6 Å². The van der Waals surface area contributed by atoms with E-state index in [-0.39, 0.29) is 23.1 Å². The second-order valence-electron chi connectivity index (χ2n) is 6.07. The number of pyridine rings is 2. The van der Waals surface area contributed by atoms with Crippen LogP contribution >= 0.6 is 0 Å². The van der Waals surface area contributed by atoms with Crippen LogP contribution in [0.4, 0.5) is 13.2 Å². The lowest BCUT2D eigenvalue weighted by Gasteiger charge is -2.12. The molecule has 3 aromatic rings. The van der Waals surface area contributed by atoms with Gasteiger partial charge in [-0.3, -0.25) is 4.79 Å². The van der Waals surface area contributed by atoms with Crippen molar-refractivity contribution in [3.63, 3.8) is 0 Å². The van der Waals surface area contributed by atoms with Gasteiger partial charge in [-0.05, 0) is 30.7 Å². The first kappa shape index (κ1) is 22.9. The monoisotopic (exact) mass is 423 g/mol. The fourth-order valence-electron chi connectivity index (χ4n) is 2.46. The highest BCUT2D eigenvalue weighted by molar-refractivity contribution is 5.90. The van der Waals surface area contributed by atoms with Gasteiger partial charge in [-0.2, -0.15) is 18.3 Å². The summed E-state index contributed by atoms with van der Waals surface area (Å²) in [5, 5.41) is 4.14. The number of carbonyl (C=O) groups excluding carboxylic acids is 1. The third kappa shape index (κ3) is 5.80. The predicted molar refractivity (Wildman–Crippen MR) is 104 cm³/mol. The lowest BCUT2D eigenvalue weighted by atomic mass is 10.1. The molecule has 0 saturated carbocycles. The van der Waals surface area contributed by atoms with E-state index in [0.29, 0.717) is 22.9 Å². The highest BCUT2D eigenvalue weighted by Crippen LogP contribution is 2.32. The number of rotatable bonds is 6. The van der Waals surface area contributed by atoms with Crippen LogP contribution < -0.4 is 9.47 Å². The normalized spacial score (nSPS) is 10.9. The molecule has 3 heterocycles. The Morgan fingerprint density at radius 1 is 1.30 bits per heavy atom. The molecule has 0 bridgehead atoms. The van der Waals surface area contributed by atoms with Crippen LogP contribution in [0.25, 0.3) is 11.1 Å². The Kier molecular flexibility index (Phi) is 7.54. The summed E-state index contributed by atoms with van der Waals surface area (Å²) >= 11 is 0. The fourth-order valence-corrected chi connectivity index (χ4v) is 2.46. The number of alkyl halides is 3. The maximum atomic E-state index is 12.4. The van der Waals surface area contributed by atoms with Crippen LogP contribution in [0.1, 0.15) is 23.0 Å². The maximum absolute atomic E-state index is 12.4. The molecule has 10 heteroatoms. The predicted octanol–water partition coefficient (Wildman–Crippen LogP) is 4.57. The molecule has 0 aliphatic heterocycles. The molecule has 7 nitrogen and oxygen atoms in total. The van der Waals surface area contributed by atoms with E-state index in [2.05, 4.69) is 21.4 Å². The zero-order valence-corrected chi connectivity index (χ0v) is 16.6. The summed E-state index contributed by atoms with van der Waals surface area (Å²) in [6.45, 7) is 4.12. The van der Waals surface area contributed by atoms with E-state index >= 15 is 0 Å². The van der Waals surface area contributed by atoms with Gasteiger partial charge in [-0.1, -0.05) is 6.58 Å². The zero-order valence-electron chi connectivity index (χ0n) is 16.6. The summed E-state index contributed by atoms with van der Waals surface area (Å²) in [7, 11) is 3.25. The van der Waals surface area contributed by atoms with Crippen LogP contribution in [-0.4, -0.2) is 47.9 Å². The lowest BCUT2D eigenvalue weighted by Crippen LogP contribution is -2.19. The van der Waals surface area contributed by atoms with Gasteiger partial charge in [0.25, 0.3) is 5.88 Å². The number of aldehydes is 1. The van der Waals surface area contributed by atoms with Crippen molar-refractivity contribution in [3.8, 4) is 17.4 Å². The number of nitrogens with zero attached hydrogens (tertiary/aromatic N) is 3. The van der Waals surface area contributed by atoms with Gasteiger partial charge >= 0.3 is 6.18 Å². The average Bonchev–Trinajstić information content (AvgIpc) is 3.05. The number of hydrogen-bond acceptors (Lipinski definition) is 6. The van der Waals surface area contributed by atoms with Crippen molar-refractivity contribution >= 4 is 17.4 Å². The van der Waals surface area contributed by atoms with E-state index in [9.17, 15) is 18.0 Å². The largest absolute Gasteiger partial charge is 0.478 e. The smallest absolute Gasteiger partial charge is 0.422 e. The molecule has 0 spiro atoms. The van der Waals surface area contributed by atoms with Gasteiger partial charge in [-0.15, -0.1) is 0 Å². The molecule has 0 aromatic carbocycles. The molecule has 0 aliphatic rings. The van der Waals surface area contributed by atoms with Gasteiger partial charge < -0.3 is 14.2 Å². The SMILES string of the molecule is C=C(C)c1c(C=O)nn2ccc(Oc3ncccc3OCC(F)(F)F)cc12.COC. The molecule has 3 rings (SSSR count). The Hall–Kier alpha value is -3.40. The molecule has 0 aliphatic carbocycles. The van der Waals surface area contributed by atoms with Crippen LogP contribution in [-0.2, 0) is 4.74 Å². The van der Waals surface area contributed by atoms with E-state index in [1.807, 2.05) is 0 Å². The Morgan fingerprint density at radius 3 is 2.60 bits per heavy atom. The van der Waals surface area contributed by atoms with Crippen molar-refractivity contribution in [3.05, 3.63) is 54.5 Å². The molecule has 0 N–H and O–H groups in total. The second kappa shape index (κ2) is 9.88. The molecule has 0 unspecified atom stereocenters. The quantitative estimate of drug-likeness (QED) is 0.541. The second-order valence-corrected chi connectivity index (χ2v) is 6.07. The molecule has 0 atom stereocenters. The number of carbonyl (C=O) groups is 1. The molecule has 0 saturated heterocycles. The Labute approximate surface area is 170 Å². The molecule has 0 radical (unpaired) electrons. The molecule has 3 aromatic heterocycles. The molecule has 0 amide bonds. The van der Waals surface area contributed by atoms with E-state index < -0.39 is 12.8 Å². The number of fused-ring (bicyclic) bond motifs is 1. The maximum Gasteiger partial charge on any atom is 0.422 e. The van der Waals surface area contributed by atoms with Gasteiger partial charge in [0, 0.05) is 38.2 Å². The molecule has 0 fully saturated rings. The van der Waals surface area contributed by atoms with Crippen molar-refractivity contribution < 1.29 is 32.2 Å². The minimum atomic E-state index is -4.48. The van der Waals surface area contributed by atoms with Crippen molar-refractivity contribution in [2.24, 2.45) is 0 Å². The number of hydrogen-bond donors (Lipinski definition) is 0. The molecular weight excluding hydrogens is 403 g/mol. The summed E-state index contributed by atoms with van der Waals surface area (Å²) in [4.78, 5) is 15.1. The van der Waals surface area contributed by atoms with Crippen LogP contribution in [0, 0.1) is 0 Å². The highest BCUT2D eigenvalue weighted by atomic mass is 19.4. The zero-order chi connectivity index (χ0) is 22.3. The van der Waals surface area contributed by atoms with Crippen molar-refractivity contribution in [1.82, 2.24) is 14.6 Å². The number of aromatic nitrogens is 3. The van der Waals surface area contributed by atoms with Gasteiger partial charge in [-0.25, -0.2) is 9.50 Å². The van der Waals surface area contributed by atoms with Gasteiger partial charge in [0.2, 0.25) is 0 Å². The lowest BCUT2D eigenvalue weighted by molar-refractivity contribution is -0.153. The van der Waals surface area contributed by atoms with Crippen LogP contribution in [0.3, 0.4) is 0 Å². The fraction of sp³-hybridized carbons (Fsp3) is 0.250. The van der Waals surface area contributed by atoms with Crippen molar-refractivity contribution in [2.75, 3.05) is 20.8 Å². The van der Waals surface area contributed by atoms with Crippen LogP contribution in [0.15, 0.2) is 43.2 Å². The molecule has 160 valence electrons. The molecule has 30 heavy (non-hydrogen) atoms. The van der Waals surface area contributed by atoms with Gasteiger partial charge in [0.1, 0.15) is 11.4 Å². The van der Waals surface area contributed by atoms with Crippen molar-refractivity contribution in [2.45, 2.75) is 13.1 Å². The average molecular weight is 423 g/mol. The van der Waals surface area contributed by atoms with Gasteiger partial charge in [0.05, 0.1) is 5.52 Å². The van der Waals surface area contributed by atoms with E-state index in [1.165, 1.54) is 22.8 Å². The number of allylic oxidation sites excluding steroid dienone is 1. The topological polar surface area (TPSA) is 75.0 Å². The highest BCUT2D eigenvalue weighted by Gasteiger charge is 2.29. The Bertz CT molecular complexity index is 1030. The van der Waals surface area contributed by atoms with E-state index in [1.54, 1.807) is 39.5 Å². The third-order valence-electron chi connectivity index (χ3n) is 3.51. The molecular formula is C20H20F3N3O4. The Morgan fingerprint density at radius 2 is 2.00 bits per heavy atom. The first-order chi connectivity index (χ1) is 14.2. The number of ether oxygens (including phenoxy) is 3. The minimum absolute atomic E-state index is 0.113. The summed E-state index contributed by atoms with van der Waals surface area (Å²) in [6.07, 6.45) is -0.926. The Balaban J connectivity index is 0.00000101. The first-order valence-electron chi connectivity index (χ1n) is 8.56. The summed E-state index contributed by atoms with van der Waals surface area (Å²) in [5.41, 5.74) is 1.99. The summed E-state index contributed by atoms with van der Waals surface area (Å²) in [6, 6.07) is 5.90. The number of halogens is 3. The van der Waals surface area contributed by atoms with Crippen molar-refractivity contribution in [1.29, 1.82) is 0 Å². The first-order valence-corrected chi connectivity index (χ1v) is 8.56.